The van der Waals surface area contributed by atoms with Gasteiger partial charge in [-0.25, -0.2) is 0 Å². The van der Waals surface area contributed by atoms with E-state index in [1.807, 2.05) is 0 Å². The fourth-order valence-corrected chi connectivity index (χ4v) is 3.37. The second-order valence-corrected chi connectivity index (χ2v) is 5.68. The molecule has 0 amide bonds. The number of unbranched alkanes of at least 4 members (excludes halogenated alkanes) is 1. The highest BCUT2D eigenvalue weighted by Gasteiger charge is 2.43. The summed E-state index contributed by atoms with van der Waals surface area (Å²) in [6.07, 6.45) is 10.6. The van der Waals surface area contributed by atoms with Gasteiger partial charge in [-0.1, -0.05) is 19.8 Å². The summed E-state index contributed by atoms with van der Waals surface area (Å²) in [6.45, 7) is 3.28. The molecule has 0 aromatic rings. The van der Waals surface area contributed by atoms with Gasteiger partial charge in [0.2, 0.25) is 0 Å². The van der Waals surface area contributed by atoms with Gasteiger partial charge in [0, 0.05) is 12.6 Å². The lowest BCUT2D eigenvalue weighted by atomic mass is 9.70. The molecule has 94 valence electrons. The molecular formula is C14H27NO. The molecule has 2 aliphatic rings. The Morgan fingerprint density at radius 3 is 2.81 bits per heavy atom. The van der Waals surface area contributed by atoms with Crippen LogP contribution in [0.15, 0.2) is 0 Å². The van der Waals surface area contributed by atoms with Crippen molar-refractivity contribution in [1.82, 2.24) is 5.32 Å². The van der Waals surface area contributed by atoms with E-state index in [-0.39, 0.29) is 0 Å². The first kappa shape index (κ1) is 12.4. The predicted octanol–water partition coefficient (Wildman–Crippen LogP) is 3.11. The van der Waals surface area contributed by atoms with Crippen LogP contribution in [0.4, 0.5) is 0 Å². The number of ether oxygens (including phenoxy) is 1. The first-order valence-electron chi connectivity index (χ1n) is 7.11. The standard InChI is InChI=1S/C14H27NO/c1-3-4-6-13(15-2)12-7-10-16-14(11-12)8-5-9-14/h12-13,15H,3-11H2,1-2H3. The maximum absolute atomic E-state index is 6.00. The Morgan fingerprint density at radius 1 is 1.44 bits per heavy atom. The quantitative estimate of drug-likeness (QED) is 0.776. The van der Waals surface area contributed by atoms with Crippen LogP contribution in [0, 0.1) is 5.92 Å². The Kier molecular flexibility index (Phi) is 4.26. The zero-order valence-electron chi connectivity index (χ0n) is 10.9. The van der Waals surface area contributed by atoms with E-state index < -0.39 is 0 Å². The topological polar surface area (TPSA) is 21.3 Å². The van der Waals surface area contributed by atoms with Crippen LogP contribution in [0.5, 0.6) is 0 Å². The Labute approximate surface area is 100 Å². The lowest BCUT2D eigenvalue weighted by Crippen LogP contribution is -2.49. The molecule has 1 spiro atoms. The third-order valence-electron chi connectivity index (χ3n) is 4.60. The molecule has 1 aliphatic carbocycles. The van der Waals surface area contributed by atoms with Gasteiger partial charge < -0.3 is 10.1 Å². The second kappa shape index (κ2) is 5.50. The summed E-state index contributed by atoms with van der Waals surface area (Å²) in [4.78, 5) is 0. The van der Waals surface area contributed by atoms with Gasteiger partial charge in [0.25, 0.3) is 0 Å². The van der Waals surface area contributed by atoms with Crippen molar-refractivity contribution in [2.45, 2.75) is 69.9 Å². The normalized spacial score (nSPS) is 30.0. The van der Waals surface area contributed by atoms with Gasteiger partial charge in [-0.05, 0) is 51.5 Å². The van der Waals surface area contributed by atoms with E-state index in [0.717, 1.165) is 18.6 Å². The maximum Gasteiger partial charge on any atom is 0.0685 e. The largest absolute Gasteiger partial charge is 0.375 e. The van der Waals surface area contributed by atoms with Gasteiger partial charge >= 0.3 is 0 Å². The van der Waals surface area contributed by atoms with Crippen molar-refractivity contribution in [3.05, 3.63) is 0 Å². The number of rotatable bonds is 5. The van der Waals surface area contributed by atoms with Crippen molar-refractivity contribution in [3.8, 4) is 0 Å². The fraction of sp³-hybridized carbons (Fsp3) is 1.00. The summed E-state index contributed by atoms with van der Waals surface area (Å²) in [5.41, 5.74) is 0.310. The van der Waals surface area contributed by atoms with E-state index in [1.54, 1.807) is 0 Å². The third kappa shape index (κ3) is 2.60. The van der Waals surface area contributed by atoms with Crippen LogP contribution < -0.4 is 5.32 Å². The first-order chi connectivity index (χ1) is 7.79. The predicted molar refractivity (Wildman–Crippen MR) is 67.6 cm³/mol. The van der Waals surface area contributed by atoms with Crippen molar-refractivity contribution in [2.24, 2.45) is 5.92 Å². The van der Waals surface area contributed by atoms with Gasteiger partial charge in [0.15, 0.2) is 0 Å². The molecule has 1 saturated carbocycles. The van der Waals surface area contributed by atoms with E-state index in [4.69, 9.17) is 4.74 Å². The summed E-state index contributed by atoms with van der Waals surface area (Å²) < 4.78 is 6.00. The molecule has 2 rings (SSSR count). The molecule has 2 nitrogen and oxygen atoms in total. The molecule has 2 unspecified atom stereocenters. The Bertz CT molecular complexity index is 213. The smallest absolute Gasteiger partial charge is 0.0685 e. The molecule has 0 radical (unpaired) electrons. The van der Waals surface area contributed by atoms with Crippen LogP contribution in [0.25, 0.3) is 0 Å². The Morgan fingerprint density at radius 2 is 2.25 bits per heavy atom. The molecule has 2 atom stereocenters. The molecule has 1 saturated heterocycles. The van der Waals surface area contributed by atoms with E-state index >= 15 is 0 Å². The van der Waals surface area contributed by atoms with Crippen molar-refractivity contribution in [2.75, 3.05) is 13.7 Å². The maximum atomic E-state index is 6.00. The van der Waals surface area contributed by atoms with E-state index in [9.17, 15) is 0 Å². The molecule has 0 bridgehead atoms. The molecule has 1 aliphatic heterocycles. The van der Waals surface area contributed by atoms with Gasteiger partial charge in [-0.3, -0.25) is 0 Å². The molecule has 1 N–H and O–H groups in total. The second-order valence-electron chi connectivity index (χ2n) is 5.68. The first-order valence-corrected chi connectivity index (χ1v) is 7.11. The monoisotopic (exact) mass is 225 g/mol. The summed E-state index contributed by atoms with van der Waals surface area (Å²) in [7, 11) is 2.13. The molecule has 2 fully saturated rings. The number of nitrogens with one attached hydrogen (secondary N) is 1. The zero-order valence-corrected chi connectivity index (χ0v) is 10.9. The van der Waals surface area contributed by atoms with Crippen molar-refractivity contribution in [3.63, 3.8) is 0 Å². The van der Waals surface area contributed by atoms with Crippen molar-refractivity contribution < 1.29 is 4.74 Å². The minimum atomic E-state index is 0.310. The summed E-state index contributed by atoms with van der Waals surface area (Å²) in [5, 5.41) is 3.54. The lowest BCUT2D eigenvalue weighted by molar-refractivity contribution is -0.147. The van der Waals surface area contributed by atoms with Gasteiger partial charge in [-0.2, -0.15) is 0 Å². The summed E-state index contributed by atoms with van der Waals surface area (Å²) in [5.74, 6) is 0.852. The highest BCUT2D eigenvalue weighted by Crippen LogP contribution is 2.45. The summed E-state index contributed by atoms with van der Waals surface area (Å²) >= 11 is 0. The molecular weight excluding hydrogens is 198 g/mol. The van der Waals surface area contributed by atoms with E-state index in [1.165, 1.54) is 51.4 Å². The molecule has 2 heteroatoms. The molecule has 16 heavy (non-hydrogen) atoms. The molecule has 1 heterocycles. The van der Waals surface area contributed by atoms with E-state index in [2.05, 4.69) is 19.3 Å². The van der Waals surface area contributed by atoms with Crippen LogP contribution in [0.3, 0.4) is 0 Å². The van der Waals surface area contributed by atoms with Crippen LogP contribution in [0.1, 0.15) is 58.3 Å². The van der Waals surface area contributed by atoms with Crippen molar-refractivity contribution >= 4 is 0 Å². The van der Waals surface area contributed by atoms with E-state index in [0.29, 0.717) is 5.60 Å². The minimum Gasteiger partial charge on any atom is -0.375 e. The minimum absolute atomic E-state index is 0.310. The fourth-order valence-electron chi connectivity index (χ4n) is 3.37. The Hall–Kier alpha value is -0.0800. The Balaban J connectivity index is 1.86. The third-order valence-corrected chi connectivity index (χ3v) is 4.60. The molecule has 0 aromatic carbocycles. The van der Waals surface area contributed by atoms with Crippen LogP contribution in [-0.2, 0) is 4.74 Å². The highest BCUT2D eigenvalue weighted by atomic mass is 16.5. The zero-order chi connectivity index (χ0) is 11.4. The molecule has 0 aromatic heterocycles. The summed E-state index contributed by atoms with van der Waals surface area (Å²) in [6, 6.07) is 0.723. The van der Waals surface area contributed by atoms with Gasteiger partial charge in [0.1, 0.15) is 0 Å². The SMILES string of the molecule is CCCCC(NC)C1CCOC2(CCC2)C1. The highest BCUT2D eigenvalue weighted by molar-refractivity contribution is 4.96. The van der Waals surface area contributed by atoms with Gasteiger partial charge in [-0.15, -0.1) is 0 Å². The number of hydrogen-bond acceptors (Lipinski definition) is 2. The van der Waals surface area contributed by atoms with Crippen LogP contribution >= 0.6 is 0 Å². The van der Waals surface area contributed by atoms with Crippen LogP contribution in [-0.4, -0.2) is 25.3 Å². The van der Waals surface area contributed by atoms with Crippen LogP contribution in [0.2, 0.25) is 0 Å². The number of hydrogen-bond donors (Lipinski definition) is 1. The average Bonchev–Trinajstić information content (AvgIpc) is 2.28. The van der Waals surface area contributed by atoms with Gasteiger partial charge in [0.05, 0.1) is 5.60 Å². The van der Waals surface area contributed by atoms with Crippen molar-refractivity contribution in [1.29, 1.82) is 0 Å². The lowest BCUT2D eigenvalue weighted by Gasteiger charge is -2.48. The average molecular weight is 225 g/mol.